The Balaban J connectivity index is 2.05. The van der Waals surface area contributed by atoms with Gasteiger partial charge in [0.15, 0.2) is 5.78 Å². The number of hydrogen-bond acceptors (Lipinski definition) is 2. The fourth-order valence-corrected chi connectivity index (χ4v) is 2.32. The number of Topliss-reactive ketones (excluding diaryl/α,β-unsaturated/α-hetero) is 1. The molecule has 2 heteroatoms. The Morgan fingerprint density at radius 1 is 1.35 bits per heavy atom. The number of aryl methyl sites for hydroxylation is 2. The van der Waals surface area contributed by atoms with Gasteiger partial charge >= 0.3 is 0 Å². The van der Waals surface area contributed by atoms with E-state index >= 15 is 0 Å². The molecule has 0 radical (unpaired) electrons. The molecule has 92 valence electrons. The van der Waals surface area contributed by atoms with Crippen molar-refractivity contribution in [1.82, 2.24) is 0 Å². The van der Waals surface area contributed by atoms with E-state index in [2.05, 4.69) is 32.9 Å². The van der Waals surface area contributed by atoms with E-state index in [0.717, 1.165) is 18.6 Å². The van der Waals surface area contributed by atoms with Crippen LogP contribution in [-0.2, 0) is 16.0 Å². The lowest BCUT2D eigenvalue weighted by Gasteiger charge is -2.13. The zero-order valence-electron chi connectivity index (χ0n) is 10.8. The Kier molecular flexibility index (Phi) is 3.63. The van der Waals surface area contributed by atoms with Crippen molar-refractivity contribution in [2.75, 3.05) is 6.61 Å². The predicted octanol–water partition coefficient (Wildman–Crippen LogP) is 2.84. The summed E-state index contributed by atoms with van der Waals surface area (Å²) in [7, 11) is 0. The maximum absolute atomic E-state index is 12.1. The standard InChI is InChI=1S/C15H20O2/c1-10-4-5-13(8-12(10)3)9-14(16)15-11(2)6-7-17-15/h4-5,8,11,15H,6-7,9H2,1-3H3. The van der Waals surface area contributed by atoms with Crippen molar-refractivity contribution < 1.29 is 9.53 Å². The van der Waals surface area contributed by atoms with Crippen molar-refractivity contribution in [2.24, 2.45) is 5.92 Å². The van der Waals surface area contributed by atoms with Crippen LogP contribution < -0.4 is 0 Å². The van der Waals surface area contributed by atoms with E-state index in [1.165, 1.54) is 11.1 Å². The van der Waals surface area contributed by atoms with Gasteiger partial charge in [-0.1, -0.05) is 25.1 Å². The number of benzene rings is 1. The molecule has 2 rings (SSSR count). The minimum absolute atomic E-state index is 0.184. The van der Waals surface area contributed by atoms with Gasteiger partial charge in [0.05, 0.1) is 0 Å². The van der Waals surface area contributed by atoms with Crippen LogP contribution in [0, 0.1) is 19.8 Å². The molecule has 1 aromatic carbocycles. The normalized spacial score (nSPS) is 23.9. The van der Waals surface area contributed by atoms with Gasteiger partial charge in [-0.05, 0) is 42.9 Å². The van der Waals surface area contributed by atoms with Gasteiger partial charge in [0.25, 0.3) is 0 Å². The molecular formula is C15H20O2. The van der Waals surface area contributed by atoms with Crippen LogP contribution in [-0.4, -0.2) is 18.5 Å². The Labute approximate surface area is 103 Å². The largest absolute Gasteiger partial charge is 0.370 e. The average Bonchev–Trinajstić information content (AvgIpc) is 2.70. The smallest absolute Gasteiger partial charge is 0.166 e. The zero-order valence-corrected chi connectivity index (χ0v) is 10.8. The third-order valence-corrected chi connectivity index (χ3v) is 3.65. The molecule has 1 heterocycles. The summed E-state index contributed by atoms with van der Waals surface area (Å²) in [6.45, 7) is 6.99. The predicted molar refractivity (Wildman–Crippen MR) is 68.1 cm³/mol. The lowest BCUT2D eigenvalue weighted by Crippen LogP contribution is -2.26. The molecule has 2 atom stereocenters. The molecule has 1 aromatic rings. The van der Waals surface area contributed by atoms with Gasteiger partial charge in [-0.25, -0.2) is 0 Å². The highest BCUT2D eigenvalue weighted by Crippen LogP contribution is 2.22. The van der Waals surface area contributed by atoms with Crippen LogP contribution >= 0.6 is 0 Å². The highest BCUT2D eigenvalue weighted by atomic mass is 16.5. The number of hydrogen-bond donors (Lipinski definition) is 0. The topological polar surface area (TPSA) is 26.3 Å². The second-order valence-corrected chi connectivity index (χ2v) is 5.12. The zero-order chi connectivity index (χ0) is 12.4. The van der Waals surface area contributed by atoms with Crippen LogP contribution in [0.4, 0.5) is 0 Å². The Hall–Kier alpha value is -1.15. The number of carbonyl (C=O) groups excluding carboxylic acids is 1. The van der Waals surface area contributed by atoms with E-state index in [1.807, 2.05) is 6.07 Å². The molecule has 0 amide bonds. The number of carbonyl (C=O) groups is 1. The molecule has 0 saturated carbocycles. The molecule has 1 aliphatic heterocycles. The minimum Gasteiger partial charge on any atom is -0.370 e. The summed E-state index contributed by atoms with van der Waals surface area (Å²) < 4.78 is 5.50. The lowest BCUT2D eigenvalue weighted by atomic mass is 9.95. The first-order chi connectivity index (χ1) is 8.08. The van der Waals surface area contributed by atoms with Gasteiger partial charge in [-0.2, -0.15) is 0 Å². The van der Waals surface area contributed by atoms with Crippen molar-refractivity contribution in [3.8, 4) is 0 Å². The van der Waals surface area contributed by atoms with Gasteiger partial charge in [-0.15, -0.1) is 0 Å². The molecule has 1 fully saturated rings. The fraction of sp³-hybridized carbons (Fsp3) is 0.533. The Morgan fingerprint density at radius 2 is 2.12 bits per heavy atom. The van der Waals surface area contributed by atoms with Crippen LogP contribution in [0.1, 0.15) is 30.0 Å². The SMILES string of the molecule is Cc1ccc(CC(=O)C2OCCC2C)cc1C. The van der Waals surface area contributed by atoms with Crippen LogP contribution in [0.25, 0.3) is 0 Å². The fourth-order valence-electron chi connectivity index (χ4n) is 2.32. The van der Waals surface area contributed by atoms with E-state index in [0.29, 0.717) is 12.3 Å². The third kappa shape index (κ3) is 2.75. The molecule has 17 heavy (non-hydrogen) atoms. The molecule has 1 saturated heterocycles. The molecule has 0 N–H and O–H groups in total. The van der Waals surface area contributed by atoms with E-state index in [1.54, 1.807) is 0 Å². The molecule has 0 spiro atoms. The van der Waals surface area contributed by atoms with Gasteiger partial charge in [0.1, 0.15) is 6.10 Å². The molecular weight excluding hydrogens is 212 g/mol. The summed E-state index contributed by atoms with van der Waals surface area (Å²) in [4.78, 5) is 12.1. The van der Waals surface area contributed by atoms with Crippen LogP contribution in [0.15, 0.2) is 18.2 Å². The van der Waals surface area contributed by atoms with E-state index in [4.69, 9.17) is 4.74 Å². The van der Waals surface area contributed by atoms with Crippen LogP contribution in [0.5, 0.6) is 0 Å². The number of ether oxygens (including phenoxy) is 1. The minimum atomic E-state index is -0.184. The summed E-state index contributed by atoms with van der Waals surface area (Å²) >= 11 is 0. The maximum Gasteiger partial charge on any atom is 0.166 e. The Bertz CT molecular complexity index is 423. The molecule has 0 aliphatic carbocycles. The maximum atomic E-state index is 12.1. The third-order valence-electron chi connectivity index (χ3n) is 3.65. The van der Waals surface area contributed by atoms with Crippen LogP contribution in [0.3, 0.4) is 0 Å². The van der Waals surface area contributed by atoms with Gasteiger partial charge in [-0.3, -0.25) is 4.79 Å². The van der Waals surface area contributed by atoms with Crippen molar-refractivity contribution in [3.05, 3.63) is 34.9 Å². The summed E-state index contributed by atoms with van der Waals surface area (Å²) in [5.41, 5.74) is 3.61. The van der Waals surface area contributed by atoms with E-state index in [9.17, 15) is 4.79 Å². The Morgan fingerprint density at radius 3 is 2.71 bits per heavy atom. The van der Waals surface area contributed by atoms with E-state index in [-0.39, 0.29) is 11.9 Å². The second kappa shape index (κ2) is 5.01. The lowest BCUT2D eigenvalue weighted by molar-refractivity contribution is -0.128. The van der Waals surface area contributed by atoms with Gasteiger partial charge < -0.3 is 4.74 Å². The first-order valence-corrected chi connectivity index (χ1v) is 6.28. The molecule has 2 nitrogen and oxygen atoms in total. The molecule has 0 aromatic heterocycles. The summed E-state index contributed by atoms with van der Waals surface area (Å²) in [6, 6.07) is 6.23. The molecule has 0 bridgehead atoms. The highest BCUT2D eigenvalue weighted by molar-refractivity contribution is 5.85. The summed E-state index contributed by atoms with van der Waals surface area (Å²) in [6.07, 6.45) is 1.32. The molecule has 1 aliphatic rings. The van der Waals surface area contributed by atoms with Crippen molar-refractivity contribution >= 4 is 5.78 Å². The second-order valence-electron chi connectivity index (χ2n) is 5.12. The molecule has 2 unspecified atom stereocenters. The first kappa shape index (κ1) is 12.3. The van der Waals surface area contributed by atoms with E-state index < -0.39 is 0 Å². The summed E-state index contributed by atoms with van der Waals surface area (Å²) in [5, 5.41) is 0. The highest BCUT2D eigenvalue weighted by Gasteiger charge is 2.30. The summed E-state index contributed by atoms with van der Waals surface area (Å²) in [5.74, 6) is 0.590. The number of rotatable bonds is 3. The number of ketones is 1. The van der Waals surface area contributed by atoms with Crippen molar-refractivity contribution in [1.29, 1.82) is 0 Å². The van der Waals surface area contributed by atoms with Crippen molar-refractivity contribution in [2.45, 2.75) is 39.7 Å². The van der Waals surface area contributed by atoms with Gasteiger partial charge in [0.2, 0.25) is 0 Å². The quantitative estimate of drug-likeness (QED) is 0.801. The van der Waals surface area contributed by atoms with Crippen molar-refractivity contribution in [3.63, 3.8) is 0 Å². The first-order valence-electron chi connectivity index (χ1n) is 6.28. The average molecular weight is 232 g/mol. The van der Waals surface area contributed by atoms with Gasteiger partial charge in [0, 0.05) is 13.0 Å². The van der Waals surface area contributed by atoms with Crippen LogP contribution in [0.2, 0.25) is 0 Å². The monoisotopic (exact) mass is 232 g/mol.